The second kappa shape index (κ2) is 4.46. The van der Waals surface area contributed by atoms with E-state index in [0.29, 0.717) is 5.41 Å². The Kier molecular flexibility index (Phi) is 2.97. The van der Waals surface area contributed by atoms with E-state index in [2.05, 4.69) is 24.2 Å². The third-order valence-corrected chi connectivity index (χ3v) is 7.07. The zero-order valence-electron chi connectivity index (χ0n) is 12.7. The molecule has 4 aliphatic rings. The summed E-state index contributed by atoms with van der Waals surface area (Å²) in [6.45, 7) is 5.14. The molecule has 2 aliphatic heterocycles. The average molecular weight is 262 g/mol. The number of rotatable bonds is 0. The highest BCUT2D eigenvalue weighted by Gasteiger charge is 2.64. The minimum atomic E-state index is 0.711. The van der Waals surface area contributed by atoms with Crippen LogP contribution in [0.4, 0.5) is 0 Å². The number of nitrogens with one attached hydrogen (secondary N) is 1. The van der Waals surface area contributed by atoms with E-state index in [9.17, 15) is 0 Å². The smallest absolute Gasteiger partial charge is 0.0135 e. The van der Waals surface area contributed by atoms with Crippen molar-refractivity contribution in [3.63, 3.8) is 0 Å². The van der Waals surface area contributed by atoms with Crippen molar-refractivity contribution >= 4 is 0 Å². The molecule has 2 saturated heterocycles. The van der Waals surface area contributed by atoms with Crippen LogP contribution in [0.5, 0.6) is 0 Å². The van der Waals surface area contributed by atoms with Crippen LogP contribution in [0.15, 0.2) is 0 Å². The summed E-state index contributed by atoms with van der Waals surface area (Å²) >= 11 is 0. The lowest BCUT2D eigenvalue weighted by Crippen LogP contribution is -2.52. The first kappa shape index (κ1) is 12.6. The molecule has 4 rings (SSSR count). The molecule has 1 N–H and O–H groups in total. The van der Waals surface area contributed by atoms with Gasteiger partial charge in [-0.2, -0.15) is 0 Å². The molecule has 2 heteroatoms. The van der Waals surface area contributed by atoms with Gasteiger partial charge in [0.15, 0.2) is 0 Å². The third kappa shape index (κ3) is 1.75. The predicted octanol–water partition coefficient (Wildman–Crippen LogP) is 2.89. The number of hydrogen-bond donors (Lipinski definition) is 1. The van der Waals surface area contributed by atoms with Crippen LogP contribution >= 0.6 is 0 Å². The highest BCUT2D eigenvalue weighted by molar-refractivity contribution is 5.18. The largest absolute Gasteiger partial charge is 0.310 e. The predicted molar refractivity (Wildman–Crippen MR) is 79.1 cm³/mol. The van der Waals surface area contributed by atoms with E-state index in [0.717, 1.165) is 29.8 Å². The van der Waals surface area contributed by atoms with Crippen LogP contribution in [0.3, 0.4) is 0 Å². The van der Waals surface area contributed by atoms with Crippen molar-refractivity contribution in [2.75, 3.05) is 20.1 Å². The molecule has 108 valence electrons. The average Bonchev–Trinajstić information content (AvgIpc) is 2.79. The number of nitrogens with zero attached hydrogens (tertiary/aromatic N) is 1. The maximum atomic E-state index is 4.06. The van der Waals surface area contributed by atoms with Gasteiger partial charge >= 0.3 is 0 Å². The van der Waals surface area contributed by atoms with Gasteiger partial charge in [-0.25, -0.2) is 0 Å². The minimum Gasteiger partial charge on any atom is -0.310 e. The van der Waals surface area contributed by atoms with Crippen LogP contribution in [0.2, 0.25) is 0 Å². The van der Waals surface area contributed by atoms with Crippen molar-refractivity contribution in [1.29, 1.82) is 0 Å². The first-order chi connectivity index (χ1) is 9.20. The summed E-state index contributed by atoms with van der Waals surface area (Å²) in [4.78, 5) is 2.57. The summed E-state index contributed by atoms with van der Waals surface area (Å²) in [5, 5.41) is 4.06. The van der Waals surface area contributed by atoms with Gasteiger partial charge in [-0.15, -0.1) is 0 Å². The second-order valence-electron chi connectivity index (χ2n) is 8.10. The van der Waals surface area contributed by atoms with E-state index in [1.54, 1.807) is 0 Å². The topological polar surface area (TPSA) is 15.3 Å². The fourth-order valence-electron chi connectivity index (χ4n) is 6.48. The van der Waals surface area contributed by atoms with Crippen LogP contribution in [-0.2, 0) is 0 Å². The maximum absolute atomic E-state index is 4.06. The van der Waals surface area contributed by atoms with Gasteiger partial charge < -0.3 is 10.2 Å². The van der Waals surface area contributed by atoms with Gasteiger partial charge in [0.05, 0.1) is 0 Å². The van der Waals surface area contributed by atoms with E-state index < -0.39 is 0 Å². The van der Waals surface area contributed by atoms with Crippen LogP contribution in [-0.4, -0.2) is 37.1 Å². The van der Waals surface area contributed by atoms with E-state index in [4.69, 9.17) is 0 Å². The molecular formula is C17H30N2. The molecule has 2 nitrogen and oxygen atoms in total. The van der Waals surface area contributed by atoms with Crippen LogP contribution in [0, 0.1) is 23.2 Å². The van der Waals surface area contributed by atoms with Gasteiger partial charge in [-0.05, 0) is 88.3 Å². The van der Waals surface area contributed by atoms with Crippen molar-refractivity contribution in [1.82, 2.24) is 10.2 Å². The number of piperidine rings is 1. The van der Waals surface area contributed by atoms with Crippen molar-refractivity contribution in [2.45, 2.75) is 64.0 Å². The summed E-state index contributed by atoms with van der Waals surface area (Å²) in [7, 11) is 2.32. The summed E-state index contributed by atoms with van der Waals surface area (Å²) in [6.07, 6.45) is 10.3. The molecule has 0 aromatic heterocycles. The quantitative estimate of drug-likeness (QED) is 0.722. The lowest BCUT2D eigenvalue weighted by molar-refractivity contribution is 0.0226. The minimum absolute atomic E-state index is 0.711. The fourth-order valence-corrected chi connectivity index (χ4v) is 6.48. The van der Waals surface area contributed by atoms with Gasteiger partial charge in [0.25, 0.3) is 0 Å². The summed E-state index contributed by atoms with van der Waals surface area (Å²) in [6, 6.07) is 1.75. The molecule has 1 spiro atoms. The van der Waals surface area contributed by atoms with E-state index >= 15 is 0 Å². The van der Waals surface area contributed by atoms with Gasteiger partial charge in [0.1, 0.15) is 0 Å². The van der Waals surface area contributed by atoms with Crippen molar-refractivity contribution in [2.24, 2.45) is 23.2 Å². The molecule has 0 amide bonds. The zero-order chi connectivity index (χ0) is 13.0. The monoisotopic (exact) mass is 262 g/mol. The first-order valence-electron chi connectivity index (χ1n) is 8.65. The van der Waals surface area contributed by atoms with E-state index in [1.807, 2.05) is 0 Å². The van der Waals surface area contributed by atoms with Gasteiger partial charge in [0, 0.05) is 12.1 Å². The Hall–Kier alpha value is -0.0800. The molecule has 2 saturated carbocycles. The lowest BCUT2D eigenvalue weighted by atomic mass is 9.57. The van der Waals surface area contributed by atoms with Crippen LogP contribution in [0.1, 0.15) is 51.9 Å². The molecule has 4 fully saturated rings. The molecule has 1 unspecified atom stereocenters. The Balaban J connectivity index is 1.64. The molecule has 2 aliphatic carbocycles. The molecule has 6 atom stereocenters. The standard InChI is InChI=1S/C17H30N2/c1-12-9-13-11-15-14-5-3-7-19(2)8-4-6-17(13,14)16(10-12)18-15/h12-16,18H,3-11H2,1-2H3/t12-,13+,14-,15?,16+,17+/m1/s1. The normalized spacial score (nSPS) is 54.3. The number of hydrogen-bond acceptors (Lipinski definition) is 2. The zero-order valence-corrected chi connectivity index (χ0v) is 12.7. The maximum Gasteiger partial charge on any atom is 0.0135 e. The molecule has 2 bridgehead atoms. The molecular weight excluding hydrogens is 232 g/mol. The SMILES string of the molecule is C[C@@H]1C[C@H]2CC3N[C@@H](C1)[C@@]21CCCN(C)CCC[C@H]31. The Morgan fingerprint density at radius 2 is 1.95 bits per heavy atom. The lowest BCUT2D eigenvalue weighted by Gasteiger charge is -2.49. The van der Waals surface area contributed by atoms with Crippen LogP contribution in [0.25, 0.3) is 0 Å². The Morgan fingerprint density at radius 1 is 1.11 bits per heavy atom. The molecule has 0 aromatic carbocycles. The summed E-state index contributed by atoms with van der Waals surface area (Å²) < 4.78 is 0. The van der Waals surface area contributed by atoms with E-state index in [1.165, 1.54) is 58.0 Å². The summed E-state index contributed by atoms with van der Waals surface area (Å²) in [5.41, 5.74) is 0.711. The highest BCUT2D eigenvalue weighted by Crippen LogP contribution is 2.64. The molecule has 2 heterocycles. The Morgan fingerprint density at radius 3 is 2.79 bits per heavy atom. The van der Waals surface area contributed by atoms with Gasteiger partial charge in [0.2, 0.25) is 0 Å². The van der Waals surface area contributed by atoms with Crippen molar-refractivity contribution in [3.05, 3.63) is 0 Å². The summed E-state index contributed by atoms with van der Waals surface area (Å²) in [5.74, 6) is 3.03. The van der Waals surface area contributed by atoms with Gasteiger partial charge in [-0.1, -0.05) is 6.92 Å². The first-order valence-corrected chi connectivity index (χ1v) is 8.65. The Bertz CT molecular complexity index is 337. The highest BCUT2D eigenvalue weighted by atomic mass is 15.1. The fraction of sp³-hybridized carbons (Fsp3) is 1.00. The van der Waals surface area contributed by atoms with Crippen molar-refractivity contribution < 1.29 is 0 Å². The third-order valence-electron chi connectivity index (χ3n) is 7.07. The molecule has 0 radical (unpaired) electrons. The molecule has 19 heavy (non-hydrogen) atoms. The van der Waals surface area contributed by atoms with Crippen molar-refractivity contribution in [3.8, 4) is 0 Å². The Labute approximate surface area is 118 Å². The van der Waals surface area contributed by atoms with Gasteiger partial charge in [-0.3, -0.25) is 0 Å². The van der Waals surface area contributed by atoms with E-state index in [-0.39, 0.29) is 0 Å². The second-order valence-corrected chi connectivity index (χ2v) is 8.10. The molecule has 0 aromatic rings. The van der Waals surface area contributed by atoms with Crippen LogP contribution < -0.4 is 5.32 Å².